The lowest BCUT2D eigenvalue weighted by atomic mass is 9.97. The van der Waals surface area contributed by atoms with Gasteiger partial charge in [-0.05, 0) is 42.8 Å². The zero-order valence-corrected chi connectivity index (χ0v) is 15.2. The van der Waals surface area contributed by atoms with Crippen molar-refractivity contribution in [2.45, 2.75) is 20.3 Å². The first-order valence-electron chi connectivity index (χ1n) is 8.89. The van der Waals surface area contributed by atoms with Crippen molar-refractivity contribution in [2.24, 2.45) is 4.99 Å². The van der Waals surface area contributed by atoms with Crippen LogP contribution in [-0.2, 0) is 9.53 Å². The number of esters is 1. The number of cyclic esters (lactones) is 1. The number of benzene rings is 2. The molecule has 0 spiro atoms. The van der Waals surface area contributed by atoms with Gasteiger partial charge in [0, 0.05) is 23.6 Å². The van der Waals surface area contributed by atoms with Crippen molar-refractivity contribution in [1.82, 2.24) is 0 Å². The second-order valence-electron chi connectivity index (χ2n) is 6.26. The Morgan fingerprint density at radius 2 is 1.81 bits per heavy atom. The Labute approximate surface area is 157 Å². The van der Waals surface area contributed by atoms with Crippen LogP contribution in [0.4, 0.5) is 0 Å². The van der Waals surface area contributed by atoms with Gasteiger partial charge in [0.25, 0.3) is 0 Å². The molecule has 27 heavy (non-hydrogen) atoms. The maximum atomic E-state index is 12.2. The fraction of sp³-hybridized carbons (Fsp3) is 0.182. The summed E-state index contributed by atoms with van der Waals surface area (Å²) in [6, 6.07) is 15.3. The molecule has 4 rings (SSSR count). The second kappa shape index (κ2) is 7.11. The average molecular weight is 361 g/mol. The summed E-state index contributed by atoms with van der Waals surface area (Å²) in [5, 5.41) is 0. The largest absolute Gasteiger partial charge is 0.494 e. The zero-order valence-electron chi connectivity index (χ0n) is 15.2. The van der Waals surface area contributed by atoms with Gasteiger partial charge in [0.05, 0.1) is 6.61 Å². The molecule has 0 unspecified atom stereocenters. The summed E-state index contributed by atoms with van der Waals surface area (Å²) in [6.07, 6.45) is 2.79. The van der Waals surface area contributed by atoms with E-state index in [0.29, 0.717) is 35.3 Å². The molecule has 2 aliphatic rings. The van der Waals surface area contributed by atoms with Gasteiger partial charge >= 0.3 is 5.97 Å². The number of para-hydroxylation sites is 1. The first kappa shape index (κ1) is 17.1. The van der Waals surface area contributed by atoms with E-state index in [1.165, 1.54) is 0 Å². The number of nitrogens with zero attached hydrogens (tertiary/aromatic N) is 1. The SMILES string of the molecule is CCCOc1ccc(C2=CC(=C3N=C(C)OC3=O)c3ccccc3O2)cc1. The zero-order chi connectivity index (χ0) is 18.8. The molecule has 0 aliphatic carbocycles. The Hall–Kier alpha value is -3.34. The minimum atomic E-state index is -0.446. The van der Waals surface area contributed by atoms with Crippen LogP contribution in [0.5, 0.6) is 11.5 Å². The highest BCUT2D eigenvalue weighted by Crippen LogP contribution is 2.39. The maximum absolute atomic E-state index is 12.2. The van der Waals surface area contributed by atoms with Crippen LogP contribution in [0.2, 0.25) is 0 Å². The quantitative estimate of drug-likeness (QED) is 0.590. The van der Waals surface area contributed by atoms with Crippen LogP contribution in [0.1, 0.15) is 31.4 Å². The molecule has 0 bridgehead atoms. The summed E-state index contributed by atoms with van der Waals surface area (Å²) >= 11 is 0. The smallest absolute Gasteiger partial charge is 0.364 e. The Morgan fingerprint density at radius 1 is 1.04 bits per heavy atom. The summed E-state index contributed by atoms with van der Waals surface area (Å²) < 4.78 is 16.8. The van der Waals surface area contributed by atoms with Gasteiger partial charge in [0.1, 0.15) is 17.3 Å². The van der Waals surface area contributed by atoms with Crippen LogP contribution in [0.15, 0.2) is 65.3 Å². The maximum Gasteiger partial charge on any atom is 0.364 e. The van der Waals surface area contributed by atoms with Crippen molar-refractivity contribution in [2.75, 3.05) is 6.61 Å². The number of carbonyl (C=O) groups is 1. The molecule has 2 aliphatic heterocycles. The highest BCUT2D eigenvalue weighted by Gasteiger charge is 2.28. The third kappa shape index (κ3) is 3.36. The number of ether oxygens (including phenoxy) is 3. The molecule has 0 fully saturated rings. The number of hydrogen-bond donors (Lipinski definition) is 0. The normalized spacial score (nSPS) is 18.2. The number of hydrogen-bond acceptors (Lipinski definition) is 5. The topological polar surface area (TPSA) is 57.1 Å². The third-order valence-electron chi connectivity index (χ3n) is 4.24. The van der Waals surface area contributed by atoms with Crippen LogP contribution in [0, 0.1) is 0 Å². The molecule has 0 aromatic heterocycles. The summed E-state index contributed by atoms with van der Waals surface area (Å²) in [6.45, 7) is 4.41. The molecule has 0 saturated carbocycles. The van der Waals surface area contributed by atoms with Crippen molar-refractivity contribution in [3.63, 3.8) is 0 Å². The standard InChI is InChI=1S/C22H19NO4/c1-3-12-25-16-10-8-15(9-11-16)20-13-18(21-22(24)26-14(2)23-21)17-6-4-5-7-19(17)27-20/h4-11,13H,3,12H2,1-2H3. The minimum absolute atomic E-state index is 0.295. The summed E-state index contributed by atoms with van der Waals surface area (Å²) in [5.41, 5.74) is 2.69. The van der Waals surface area contributed by atoms with E-state index in [1.807, 2.05) is 54.6 Å². The molecule has 2 heterocycles. The Bertz CT molecular complexity index is 984. The molecule has 0 radical (unpaired) electrons. The molecular formula is C22H19NO4. The van der Waals surface area contributed by atoms with Gasteiger partial charge in [-0.15, -0.1) is 0 Å². The van der Waals surface area contributed by atoms with Gasteiger partial charge in [0.2, 0.25) is 0 Å². The number of carbonyl (C=O) groups excluding carboxylic acids is 1. The van der Waals surface area contributed by atoms with Crippen LogP contribution in [0.25, 0.3) is 11.3 Å². The van der Waals surface area contributed by atoms with Gasteiger partial charge in [0.15, 0.2) is 11.6 Å². The van der Waals surface area contributed by atoms with Crippen molar-refractivity contribution in [3.05, 3.63) is 71.4 Å². The molecule has 0 atom stereocenters. The first-order valence-corrected chi connectivity index (χ1v) is 8.89. The Balaban J connectivity index is 1.77. The van der Waals surface area contributed by atoms with Crippen LogP contribution in [0.3, 0.4) is 0 Å². The average Bonchev–Trinajstić information content (AvgIpc) is 3.03. The fourth-order valence-corrected chi connectivity index (χ4v) is 2.99. The van der Waals surface area contributed by atoms with Crippen molar-refractivity contribution < 1.29 is 19.0 Å². The minimum Gasteiger partial charge on any atom is -0.494 e. The van der Waals surface area contributed by atoms with Crippen LogP contribution < -0.4 is 9.47 Å². The lowest BCUT2D eigenvalue weighted by molar-refractivity contribution is -0.130. The van der Waals surface area contributed by atoms with E-state index in [2.05, 4.69) is 11.9 Å². The summed E-state index contributed by atoms with van der Waals surface area (Å²) in [7, 11) is 0. The van der Waals surface area contributed by atoms with Gasteiger partial charge in [-0.2, -0.15) is 0 Å². The van der Waals surface area contributed by atoms with E-state index in [1.54, 1.807) is 6.92 Å². The molecule has 136 valence electrons. The van der Waals surface area contributed by atoms with E-state index < -0.39 is 5.97 Å². The monoisotopic (exact) mass is 361 g/mol. The van der Waals surface area contributed by atoms with E-state index in [0.717, 1.165) is 23.3 Å². The first-order chi connectivity index (χ1) is 13.2. The number of rotatable bonds is 4. The molecular weight excluding hydrogens is 342 g/mol. The van der Waals surface area contributed by atoms with Crippen LogP contribution in [-0.4, -0.2) is 18.5 Å². The van der Waals surface area contributed by atoms with E-state index in [-0.39, 0.29) is 0 Å². The lowest BCUT2D eigenvalue weighted by Crippen LogP contribution is -2.07. The molecule has 5 heteroatoms. The lowest BCUT2D eigenvalue weighted by Gasteiger charge is -2.21. The Kier molecular flexibility index (Phi) is 4.50. The molecule has 0 amide bonds. The van der Waals surface area contributed by atoms with E-state index in [4.69, 9.17) is 14.2 Å². The second-order valence-corrected chi connectivity index (χ2v) is 6.26. The van der Waals surface area contributed by atoms with Gasteiger partial charge < -0.3 is 14.2 Å². The Morgan fingerprint density at radius 3 is 2.52 bits per heavy atom. The molecule has 0 N–H and O–H groups in total. The molecule has 0 saturated heterocycles. The predicted molar refractivity (Wildman–Crippen MR) is 103 cm³/mol. The van der Waals surface area contributed by atoms with Gasteiger partial charge in [-0.3, -0.25) is 0 Å². The van der Waals surface area contributed by atoms with E-state index >= 15 is 0 Å². The number of aliphatic imine (C=N–C) groups is 1. The van der Waals surface area contributed by atoms with Gasteiger partial charge in [-0.1, -0.05) is 25.1 Å². The third-order valence-corrected chi connectivity index (χ3v) is 4.24. The molecule has 2 aromatic carbocycles. The highest BCUT2D eigenvalue weighted by atomic mass is 16.6. The number of fused-ring (bicyclic) bond motifs is 1. The summed E-state index contributed by atoms with van der Waals surface area (Å²) in [5.74, 6) is 2.04. The molecule has 5 nitrogen and oxygen atoms in total. The highest BCUT2D eigenvalue weighted by molar-refractivity contribution is 6.11. The molecule has 2 aromatic rings. The number of allylic oxidation sites excluding steroid dienone is 2. The van der Waals surface area contributed by atoms with E-state index in [9.17, 15) is 4.79 Å². The van der Waals surface area contributed by atoms with Crippen molar-refractivity contribution in [3.8, 4) is 11.5 Å². The summed E-state index contributed by atoms with van der Waals surface area (Å²) in [4.78, 5) is 16.5. The van der Waals surface area contributed by atoms with Crippen LogP contribution >= 0.6 is 0 Å². The van der Waals surface area contributed by atoms with Gasteiger partial charge in [-0.25, -0.2) is 9.79 Å². The van der Waals surface area contributed by atoms with Crippen molar-refractivity contribution in [1.29, 1.82) is 0 Å². The fourth-order valence-electron chi connectivity index (χ4n) is 2.99. The van der Waals surface area contributed by atoms with Crippen molar-refractivity contribution >= 4 is 23.2 Å². The predicted octanol–water partition coefficient (Wildman–Crippen LogP) is 4.60.